The molecule has 0 saturated heterocycles. The Bertz CT molecular complexity index is 743. The molecular weight excluding hydrogens is 323 g/mol. The van der Waals surface area contributed by atoms with E-state index in [4.69, 9.17) is 11.6 Å². The van der Waals surface area contributed by atoms with Crippen LogP contribution in [0.15, 0.2) is 35.2 Å². The van der Waals surface area contributed by atoms with Gasteiger partial charge in [0.05, 0.1) is 22.6 Å². The van der Waals surface area contributed by atoms with Gasteiger partial charge in [-0.3, -0.25) is 4.98 Å². The second kappa shape index (κ2) is 4.29. The average molecular weight is 328 g/mol. The predicted molar refractivity (Wildman–Crippen MR) is 68.9 cm³/mol. The monoisotopic (exact) mass is 326 g/mol. The van der Waals surface area contributed by atoms with Gasteiger partial charge in [0.2, 0.25) is 0 Å². The van der Waals surface area contributed by atoms with Gasteiger partial charge in [0.25, 0.3) is 0 Å². The van der Waals surface area contributed by atoms with E-state index in [1.807, 2.05) is 0 Å². The molecule has 0 spiro atoms. The zero-order valence-electron chi connectivity index (χ0n) is 8.81. The molecule has 0 aliphatic carbocycles. The lowest BCUT2D eigenvalue weighted by molar-refractivity contribution is 0.622. The topological polar surface area (TPSA) is 43.1 Å². The lowest BCUT2D eigenvalue weighted by Crippen LogP contribution is -1.95. The number of aromatic nitrogens is 4. The van der Waals surface area contributed by atoms with Crippen LogP contribution in [0.2, 0.25) is 5.15 Å². The second-order valence-electron chi connectivity index (χ2n) is 3.58. The van der Waals surface area contributed by atoms with Gasteiger partial charge in [0.15, 0.2) is 5.65 Å². The Morgan fingerprint density at radius 1 is 1.22 bits per heavy atom. The third kappa shape index (κ3) is 1.87. The summed E-state index contributed by atoms with van der Waals surface area (Å²) in [6.45, 7) is 0. The lowest BCUT2D eigenvalue weighted by atomic mass is 10.2. The third-order valence-corrected chi connectivity index (χ3v) is 3.21. The van der Waals surface area contributed by atoms with Crippen molar-refractivity contribution in [3.8, 4) is 11.3 Å². The van der Waals surface area contributed by atoms with E-state index in [1.54, 1.807) is 12.3 Å². The summed E-state index contributed by atoms with van der Waals surface area (Å²) in [4.78, 5) is 8.16. The Kier molecular flexibility index (Phi) is 2.76. The average Bonchev–Trinajstić information content (AvgIpc) is 2.72. The van der Waals surface area contributed by atoms with E-state index in [2.05, 4.69) is 31.0 Å². The normalized spacial score (nSPS) is 11.1. The molecule has 0 amide bonds. The highest BCUT2D eigenvalue weighted by atomic mass is 79.9. The van der Waals surface area contributed by atoms with Crippen molar-refractivity contribution in [1.82, 2.24) is 19.6 Å². The zero-order valence-corrected chi connectivity index (χ0v) is 11.2. The van der Waals surface area contributed by atoms with Crippen molar-refractivity contribution in [1.29, 1.82) is 0 Å². The fourth-order valence-corrected chi connectivity index (χ4v) is 2.17. The van der Waals surface area contributed by atoms with E-state index < -0.39 is 5.82 Å². The van der Waals surface area contributed by atoms with Crippen LogP contribution in [0.3, 0.4) is 0 Å². The third-order valence-electron chi connectivity index (χ3n) is 2.39. The van der Waals surface area contributed by atoms with Crippen molar-refractivity contribution in [2.24, 2.45) is 0 Å². The summed E-state index contributed by atoms with van der Waals surface area (Å²) in [5.41, 5.74) is 1.68. The van der Waals surface area contributed by atoms with Gasteiger partial charge in [-0.1, -0.05) is 11.6 Å². The molecule has 0 atom stereocenters. The van der Waals surface area contributed by atoms with E-state index >= 15 is 0 Å². The van der Waals surface area contributed by atoms with E-state index in [1.165, 1.54) is 16.8 Å². The fourth-order valence-electron chi connectivity index (χ4n) is 1.60. The number of hydrogen-bond donors (Lipinski definition) is 0. The summed E-state index contributed by atoms with van der Waals surface area (Å²) >= 11 is 9.42. The van der Waals surface area contributed by atoms with Gasteiger partial charge in [-0.25, -0.2) is 13.9 Å². The van der Waals surface area contributed by atoms with Crippen LogP contribution < -0.4 is 0 Å². The van der Waals surface area contributed by atoms with Crippen molar-refractivity contribution in [2.45, 2.75) is 0 Å². The maximum Gasteiger partial charge on any atom is 0.171 e. The Balaban J connectivity index is 2.27. The minimum Gasteiger partial charge on any atom is -0.261 e. The summed E-state index contributed by atoms with van der Waals surface area (Å²) in [6.07, 6.45) is 4.27. The summed E-state index contributed by atoms with van der Waals surface area (Å²) in [7, 11) is 0. The van der Waals surface area contributed by atoms with Gasteiger partial charge >= 0.3 is 0 Å². The van der Waals surface area contributed by atoms with Crippen LogP contribution in [-0.4, -0.2) is 19.6 Å². The molecule has 0 fully saturated rings. The standard InChI is InChI=1S/C11H5BrClFN4/c12-8-5-16-18-10(13)2-9(17-11(8)18)6-1-7(14)4-15-3-6/h1-5H. The summed E-state index contributed by atoms with van der Waals surface area (Å²) in [5.74, 6) is -0.419. The van der Waals surface area contributed by atoms with Crippen LogP contribution in [0.5, 0.6) is 0 Å². The van der Waals surface area contributed by atoms with Crippen LogP contribution in [0.4, 0.5) is 4.39 Å². The van der Waals surface area contributed by atoms with Gasteiger partial charge < -0.3 is 0 Å². The molecule has 7 heteroatoms. The summed E-state index contributed by atoms with van der Waals surface area (Å²) < 4.78 is 15.3. The largest absolute Gasteiger partial charge is 0.261 e. The lowest BCUT2D eigenvalue weighted by Gasteiger charge is -2.03. The van der Waals surface area contributed by atoms with Gasteiger partial charge in [-0.15, -0.1) is 0 Å². The molecule has 3 aromatic rings. The van der Waals surface area contributed by atoms with Gasteiger partial charge in [-0.2, -0.15) is 5.10 Å². The summed E-state index contributed by atoms with van der Waals surface area (Å²) in [6, 6.07) is 2.97. The number of halogens is 3. The first kappa shape index (κ1) is 11.6. The molecule has 0 bridgehead atoms. The summed E-state index contributed by atoms with van der Waals surface area (Å²) in [5, 5.41) is 4.45. The van der Waals surface area contributed by atoms with Crippen LogP contribution >= 0.6 is 27.5 Å². The predicted octanol–water partition coefficient (Wildman–Crippen LogP) is 3.35. The van der Waals surface area contributed by atoms with E-state index in [-0.39, 0.29) is 0 Å². The van der Waals surface area contributed by atoms with Crippen LogP contribution in [0.1, 0.15) is 0 Å². The van der Waals surface area contributed by atoms with Gasteiger partial charge in [0, 0.05) is 17.8 Å². The second-order valence-corrected chi connectivity index (χ2v) is 4.83. The maximum atomic E-state index is 13.1. The quantitative estimate of drug-likeness (QED) is 0.644. The zero-order chi connectivity index (χ0) is 12.7. The molecule has 4 nitrogen and oxygen atoms in total. The molecule has 0 aliphatic heterocycles. The highest BCUT2D eigenvalue weighted by molar-refractivity contribution is 9.10. The Morgan fingerprint density at radius 2 is 2.06 bits per heavy atom. The minimum atomic E-state index is -0.419. The van der Waals surface area contributed by atoms with Gasteiger partial charge in [0.1, 0.15) is 11.0 Å². The molecule has 0 aromatic carbocycles. The molecule has 90 valence electrons. The molecule has 0 radical (unpaired) electrons. The van der Waals surface area contributed by atoms with Crippen LogP contribution in [0, 0.1) is 5.82 Å². The van der Waals surface area contributed by atoms with E-state index in [9.17, 15) is 4.39 Å². The van der Waals surface area contributed by atoms with Crippen molar-refractivity contribution in [3.05, 3.63) is 46.2 Å². The fraction of sp³-hybridized carbons (Fsp3) is 0. The molecule has 0 unspecified atom stereocenters. The molecule has 0 N–H and O–H groups in total. The van der Waals surface area contributed by atoms with Crippen LogP contribution in [0.25, 0.3) is 16.9 Å². The van der Waals surface area contributed by atoms with Crippen LogP contribution in [-0.2, 0) is 0 Å². The van der Waals surface area contributed by atoms with E-state index in [0.29, 0.717) is 22.1 Å². The number of pyridine rings is 1. The highest BCUT2D eigenvalue weighted by Gasteiger charge is 2.10. The van der Waals surface area contributed by atoms with Crippen molar-refractivity contribution < 1.29 is 4.39 Å². The van der Waals surface area contributed by atoms with Crippen molar-refractivity contribution in [3.63, 3.8) is 0 Å². The Hall–Kier alpha value is -1.53. The SMILES string of the molecule is Fc1cncc(-c2cc(Cl)n3ncc(Br)c3n2)c1. The van der Waals surface area contributed by atoms with Crippen molar-refractivity contribution in [2.75, 3.05) is 0 Å². The maximum absolute atomic E-state index is 13.1. The molecule has 18 heavy (non-hydrogen) atoms. The van der Waals surface area contributed by atoms with E-state index in [0.717, 1.165) is 10.7 Å². The first-order chi connectivity index (χ1) is 8.65. The number of nitrogens with zero attached hydrogens (tertiary/aromatic N) is 4. The van der Waals surface area contributed by atoms with Gasteiger partial charge in [-0.05, 0) is 22.0 Å². The Labute approximate surface area is 115 Å². The molecule has 3 rings (SSSR count). The minimum absolute atomic E-state index is 0.393. The number of fused-ring (bicyclic) bond motifs is 1. The highest BCUT2D eigenvalue weighted by Crippen LogP contribution is 2.25. The first-order valence-electron chi connectivity index (χ1n) is 4.96. The first-order valence-corrected chi connectivity index (χ1v) is 6.13. The smallest absolute Gasteiger partial charge is 0.171 e. The number of rotatable bonds is 1. The molecule has 0 aliphatic rings. The Morgan fingerprint density at radius 3 is 2.83 bits per heavy atom. The molecule has 3 aromatic heterocycles. The molecular formula is C11H5BrClFN4. The number of hydrogen-bond acceptors (Lipinski definition) is 3. The molecule has 3 heterocycles. The molecule has 0 saturated carbocycles. The van der Waals surface area contributed by atoms with Crippen molar-refractivity contribution >= 4 is 33.2 Å².